The third-order valence-corrected chi connectivity index (χ3v) is 9.25. The Hall–Kier alpha value is -2.34. The van der Waals surface area contributed by atoms with E-state index in [2.05, 4.69) is 46.2 Å². The molecule has 0 amide bonds. The summed E-state index contributed by atoms with van der Waals surface area (Å²) in [4.78, 5) is 19.2. The smallest absolute Gasteiger partial charge is 0.150 e. The predicted octanol–water partition coefficient (Wildman–Crippen LogP) is 7.70. The normalized spacial score (nSPS) is 23.1. The van der Waals surface area contributed by atoms with Crippen molar-refractivity contribution in [2.75, 3.05) is 18.0 Å². The van der Waals surface area contributed by atoms with Gasteiger partial charge in [-0.1, -0.05) is 35.5 Å². The molecule has 0 aliphatic carbocycles. The molecule has 0 N–H and O–H groups in total. The second-order valence-corrected chi connectivity index (χ2v) is 11.4. The maximum absolute atomic E-state index is 14.0. The van der Waals surface area contributed by atoms with Gasteiger partial charge in [-0.25, -0.2) is 4.39 Å². The summed E-state index contributed by atoms with van der Waals surface area (Å²) in [6, 6.07) is 20.4. The predicted molar refractivity (Wildman–Crippen MR) is 141 cm³/mol. The Morgan fingerprint density at radius 3 is 2.51 bits per heavy atom. The van der Waals surface area contributed by atoms with Gasteiger partial charge in [0.05, 0.1) is 11.4 Å². The molecule has 2 unspecified atom stereocenters. The first-order chi connectivity index (χ1) is 17.1. The van der Waals surface area contributed by atoms with Crippen molar-refractivity contribution in [1.82, 2.24) is 4.90 Å². The van der Waals surface area contributed by atoms with E-state index in [0.717, 1.165) is 49.2 Å². The molecule has 2 fully saturated rings. The zero-order valence-corrected chi connectivity index (χ0v) is 21.1. The largest absolute Gasteiger partial charge is 0.340 e. The first-order valence-electron chi connectivity index (χ1n) is 12.4. The molecule has 6 heteroatoms. The molecule has 2 atom stereocenters. The van der Waals surface area contributed by atoms with Crippen LogP contribution in [0.2, 0.25) is 5.02 Å². The van der Waals surface area contributed by atoms with Gasteiger partial charge in [-0.05, 0) is 92.1 Å². The van der Waals surface area contributed by atoms with Crippen molar-refractivity contribution in [3.05, 3.63) is 82.6 Å². The molecule has 3 heterocycles. The third-order valence-electron chi connectivity index (χ3n) is 7.89. The number of carbonyl (C=O) groups excluding carboxylic acids is 1. The summed E-state index contributed by atoms with van der Waals surface area (Å²) in [5, 5.41) is 0.765. The monoisotopic (exact) mass is 506 g/mol. The maximum atomic E-state index is 14.0. The number of rotatable bonds is 6. The van der Waals surface area contributed by atoms with Crippen LogP contribution in [0.15, 0.2) is 70.5 Å². The number of para-hydroxylation sites is 1. The Morgan fingerprint density at radius 1 is 0.943 bits per heavy atom. The van der Waals surface area contributed by atoms with Crippen LogP contribution in [0.3, 0.4) is 0 Å². The number of anilines is 2. The lowest BCUT2D eigenvalue weighted by Crippen LogP contribution is -2.43. The fourth-order valence-electron chi connectivity index (χ4n) is 6.35. The van der Waals surface area contributed by atoms with Crippen molar-refractivity contribution in [3.63, 3.8) is 0 Å². The Kier molecular flexibility index (Phi) is 6.34. The van der Waals surface area contributed by atoms with Crippen LogP contribution in [-0.2, 0) is 0 Å². The summed E-state index contributed by atoms with van der Waals surface area (Å²) in [5.74, 6) is 0.0143. The standard InChI is InChI=1S/C29H28ClFN2OS/c30-21-7-11-29-27(16-21)33(26-4-1-2-5-28(26)35-29)13-3-12-32-23-9-10-24(32)15-20(14-23)25-17-22(31)8-6-19(25)18-34/h1-2,4-8,11,16-18,20,23-24H,3,9-10,12-15H2. The van der Waals surface area contributed by atoms with E-state index in [1.807, 2.05) is 17.8 Å². The molecule has 2 saturated heterocycles. The molecule has 3 nitrogen and oxygen atoms in total. The van der Waals surface area contributed by atoms with Gasteiger partial charge in [0.15, 0.2) is 0 Å². The number of hydrogen-bond acceptors (Lipinski definition) is 4. The molecular formula is C29H28ClFN2OS. The minimum atomic E-state index is -0.249. The van der Waals surface area contributed by atoms with Crippen molar-refractivity contribution < 1.29 is 9.18 Å². The lowest BCUT2D eigenvalue weighted by molar-refractivity contribution is 0.111. The molecule has 0 radical (unpaired) electrons. The molecular weight excluding hydrogens is 479 g/mol. The summed E-state index contributed by atoms with van der Waals surface area (Å²) in [7, 11) is 0. The lowest BCUT2D eigenvalue weighted by Gasteiger charge is -2.40. The number of aldehydes is 1. The van der Waals surface area contributed by atoms with E-state index in [9.17, 15) is 9.18 Å². The zero-order valence-electron chi connectivity index (χ0n) is 19.5. The Balaban J connectivity index is 1.16. The third kappa shape index (κ3) is 4.39. The molecule has 35 heavy (non-hydrogen) atoms. The molecule has 180 valence electrons. The highest BCUT2D eigenvalue weighted by atomic mass is 35.5. The lowest BCUT2D eigenvalue weighted by atomic mass is 9.83. The molecule has 3 aliphatic rings. The van der Waals surface area contributed by atoms with Gasteiger partial charge in [0, 0.05) is 45.6 Å². The van der Waals surface area contributed by atoms with Crippen molar-refractivity contribution in [2.24, 2.45) is 0 Å². The van der Waals surface area contributed by atoms with Crippen molar-refractivity contribution in [1.29, 1.82) is 0 Å². The van der Waals surface area contributed by atoms with Crippen LogP contribution in [0, 0.1) is 5.82 Å². The van der Waals surface area contributed by atoms with Crippen LogP contribution in [0.25, 0.3) is 0 Å². The van der Waals surface area contributed by atoms with Crippen molar-refractivity contribution in [2.45, 2.75) is 59.9 Å². The van der Waals surface area contributed by atoms with Crippen molar-refractivity contribution in [3.8, 4) is 0 Å². The van der Waals surface area contributed by atoms with Gasteiger partial charge < -0.3 is 4.90 Å². The number of carbonyl (C=O) groups is 1. The van der Waals surface area contributed by atoms with Crippen molar-refractivity contribution >= 4 is 41.0 Å². The van der Waals surface area contributed by atoms with E-state index in [4.69, 9.17) is 11.6 Å². The summed E-state index contributed by atoms with van der Waals surface area (Å²) < 4.78 is 14.0. The van der Waals surface area contributed by atoms with E-state index in [-0.39, 0.29) is 11.7 Å². The Bertz CT molecular complexity index is 1250. The van der Waals surface area contributed by atoms with E-state index in [1.165, 1.54) is 40.1 Å². The summed E-state index contributed by atoms with van der Waals surface area (Å²) in [5.41, 5.74) is 3.98. The topological polar surface area (TPSA) is 23.6 Å². The number of piperidine rings is 1. The van der Waals surface area contributed by atoms with Gasteiger partial charge in [-0.15, -0.1) is 0 Å². The number of hydrogen-bond donors (Lipinski definition) is 0. The second-order valence-electron chi connectivity index (χ2n) is 9.87. The highest BCUT2D eigenvalue weighted by Crippen LogP contribution is 2.49. The van der Waals surface area contributed by atoms with Gasteiger partial charge >= 0.3 is 0 Å². The van der Waals surface area contributed by atoms with E-state index >= 15 is 0 Å². The molecule has 0 spiro atoms. The summed E-state index contributed by atoms with van der Waals surface area (Å²) in [6.45, 7) is 1.98. The van der Waals surface area contributed by atoms with Gasteiger partial charge in [0.2, 0.25) is 0 Å². The van der Waals surface area contributed by atoms with Crippen LogP contribution in [0.5, 0.6) is 0 Å². The molecule has 6 rings (SSSR count). The van der Waals surface area contributed by atoms with Crippen LogP contribution in [0.4, 0.5) is 15.8 Å². The van der Waals surface area contributed by atoms with E-state index in [1.54, 1.807) is 12.1 Å². The second kappa shape index (κ2) is 9.61. The van der Waals surface area contributed by atoms with Crippen LogP contribution in [0.1, 0.15) is 53.9 Å². The fourth-order valence-corrected chi connectivity index (χ4v) is 7.60. The molecule has 0 aromatic heterocycles. The summed E-state index contributed by atoms with van der Waals surface area (Å²) >= 11 is 8.18. The van der Waals surface area contributed by atoms with Crippen LogP contribution < -0.4 is 4.90 Å². The number of benzene rings is 3. The van der Waals surface area contributed by atoms with Crippen LogP contribution >= 0.6 is 23.4 Å². The van der Waals surface area contributed by atoms with Gasteiger partial charge in [-0.2, -0.15) is 0 Å². The van der Waals surface area contributed by atoms with E-state index < -0.39 is 0 Å². The average molecular weight is 507 g/mol. The fraction of sp³-hybridized carbons (Fsp3) is 0.345. The Morgan fingerprint density at radius 2 is 1.71 bits per heavy atom. The van der Waals surface area contributed by atoms with Gasteiger partial charge in [0.25, 0.3) is 0 Å². The molecule has 3 aromatic rings. The first kappa shape index (κ1) is 23.1. The summed E-state index contributed by atoms with van der Waals surface area (Å²) in [6.07, 6.45) is 6.32. The highest BCUT2D eigenvalue weighted by molar-refractivity contribution is 7.99. The van der Waals surface area contributed by atoms with Crippen LogP contribution in [-0.4, -0.2) is 36.4 Å². The Labute approximate surface area is 215 Å². The molecule has 3 aromatic carbocycles. The quantitative estimate of drug-likeness (QED) is 0.320. The number of halogens is 2. The van der Waals surface area contributed by atoms with Gasteiger partial charge in [0.1, 0.15) is 12.1 Å². The average Bonchev–Trinajstić information content (AvgIpc) is 3.10. The first-order valence-corrected chi connectivity index (χ1v) is 13.6. The maximum Gasteiger partial charge on any atom is 0.150 e. The minimum Gasteiger partial charge on any atom is -0.340 e. The minimum absolute atomic E-state index is 0.249. The van der Waals surface area contributed by atoms with Gasteiger partial charge in [-0.3, -0.25) is 9.69 Å². The molecule has 3 aliphatic heterocycles. The zero-order chi connectivity index (χ0) is 23.9. The highest BCUT2D eigenvalue weighted by Gasteiger charge is 2.41. The molecule has 2 bridgehead atoms. The molecule has 0 saturated carbocycles. The SMILES string of the molecule is O=Cc1ccc(F)cc1C1CC2CCC(C1)N2CCCN1c2ccccc2Sc2ccc(Cl)cc21. The number of fused-ring (bicyclic) bond motifs is 4. The number of nitrogens with zero attached hydrogens (tertiary/aromatic N) is 2. The van der Waals surface area contributed by atoms with E-state index in [0.29, 0.717) is 17.6 Å².